The molecule has 0 saturated carbocycles. The average molecular weight is 107 g/mol. The number of hydrogen-bond donors (Lipinski definition) is 0. The zero-order chi connectivity index (χ0) is 5.82. The van der Waals surface area contributed by atoms with Crippen LogP contribution in [0.4, 0.5) is 0 Å². The second-order valence-corrected chi connectivity index (χ2v) is 1.46. The maximum atomic E-state index is 4.91. The topological polar surface area (TPSA) is 9.23 Å². The van der Waals surface area contributed by atoms with Gasteiger partial charge in [0.2, 0.25) is 0 Å². The predicted molar refractivity (Wildman–Crippen MR) is 32.8 cm³/mol. The van der Waals surface area contributed by atoms with E-state index in [1.807, 2.05) is 18.2 Å². The third-order valence-electron chi connectivity index (χ3n) is 0.802. The molecule has 0 unspecified atom stereocenters. The van der Waals surface area contributed by atoms with Gasteiger partial charge in [-0.25, -0.2) is 0 Å². The predicted octanol–water partition coefficient (Wildman–Crippen LogP) is 1.80. The molecule has 1 heterocycles. The molecule has 1 rings (SSSR count). The molecule has 0 amide bonds. The van der Waals surface area contributed by atoms with Gasteiger partial charge in [-0.05, 0) is 12.2 Å². The molecule has 8 heavy (non-hydrogen) atoms. The lowest BCUT2D eigenvalue weighted by molar-refractivity contribution is 0.368. The van der Waals surface area contributed by atoms with Crippen LogP contribution < -0.4 is 0 Å². The summed E-state index contributed by atoms with van der Waals surface area (Å²) in [5, 5.41) is 0. The summed E-state index contributed by atoms with van der Waals surface area (Å²) < 4.78 is 4.91. The van der Waals surface area contributed by atoms with Gasteiger partial charge in [-0.3, -0.25) is 0 Å². The van der Waals surface area contributed by atoms with Gasteiger partial charge in [0.25, 0.3) is 0 Å². The molecule has 0 aliphatic carbocycles. The van der Waals surface area contributed by atoms with Crippen molar-refractivity contribution in [3.05, 3.63) is 43.2 Å². The Balaban J connectivity index is 2.69. The smallest absolute Gasteiger partial charge is 0.104 e. The highest BCUT2D eigenvalue weighted by molar-refractivity contribution is 5.17. The first-order chi connectivity index (χ1) is 3.89. The number of allylic oxidation sites excluding steroid dienone is 5. The van der Waals surface area contributed by atoms with Gasteiger partial charge in [0.15, 0.2) is 0 Å². The SMILES string of the molecule is [CH2]C1=CC=CC=CO1. The Hall–Kier alpha value is -0.980. The lowest BCUT2D eigenvalue weighted by Crippen LogP contribution is -1.73. The van der Waals surface area contributed by atoms with Crippen LogP contribution in [0.5, 0.6) is 0 Å². The van der Waals surface area contributed by atoms with Crippen LogP contribution in [0.15, 0.2) is 36.3 Å². The Morgan fingerprint density at radius 2 is 2.12 bits per heavy atom. The van der Waals surface area contributed by atoms with E-state index in [-0.39, 0.29) is 0 Å². The van der Waals surface area contributed by atoms with Crippen LogP contribution in [-0.2, 0) is 4.74 Å². The molecule has 1 heteroatoms. The van der Waals surface area contributed by atoms with Crippen molar-refractivity contribution in [2.45, 2.75) is 0 Å². The van der Waals surface area contributed by atoms with Crippen molar-refractivity contribution >= 4 is 0 Å². The van der Waals surface area contributed by atoms with Crippen molar-refractivity contribution in [2.75, 3.05) is 0 Å². The van der Waals surface area contributed by atoms with E-state index < -0.39 is 0 Å². The Morgan fingerprint density at radius 1 is 1.25 bits per heavy atom. The van der Waals surface area contributed by atoms with Crippen molar-refractivity contribution in [2.24, 2.45) is 0 Å². The minimum Gasteiger partial charge on any atom is -0.469 e. The van der Waals surface area contributed by atoms with Gasteiger partial charge in [0.05, 0.1) is 6.26 Å². The average Bonchev–Trinajstić information content (AvgIpc) is 1.94. The van der Waals surface area contributed by atoms with Gasteiger partial charge in [-0.2, -0.15) is 0 Å². The van der Waals surface area contributed by atoms with E-state index in [0.29, 0.717) is 5.76 Å². The van der Waals surface area contributed by atoms with Gasteiger partial charge in [0, 0.05) is 6.92 Å². The second-order valence-electron chi connectivity index (χ2n) is 1.46. The first-order valence-electron chi connectivity index (χ1n) is 2.42. The van der Waals surface area contributed by atoms with E-state index in [2.05, 4.69) is 6.92 Å². The minimum absolute atomic E-state index is 0.676. The fourth-order valence-electron chi connectivity index (χ4n) is 0.438. The zero-order valence-electron chi connectivity index (χ0n) is 4.50. The summed E-state index contributed by atoms with van der Waals surface area (Å²) in [5.41, 5.74) is 0. The van der Waals surface area contributed by atoms with Crippen molar-refractivity contribution in [1.29, 1.82) is 0 Å². The first-order valence-corrected chi connectivity index (χ1v) is 2.42. The minimum atomic E-state index is 0.676. The van der Waals surface area contributed by atoms with Gasteiger partial charge in [-0.1, -0.05) is 12.2 Å². The van der Waals surface area contributed by atoms with E-state index in [4.69, 9.17) is 4.74 Å². The number of hydrogen-bond acceptors (Lipinski definition) is 1. The lowest BCUT2D eigenvalue weighted by atomic mass is 10.4. The van der Waals surface area contributed by atoms with Crippen LogP contribution in [0.1, 0.15) is 0 Å². The van der Waals surface area contributed by atoms with E-state index in [1.54, 1.807) is 12.3 Å². The Labute approximate surface area is 49.0 Å². The van der Waals surface area contributed by atoms with Crippen LogP contribution in [0.25, 0.3) is 0 Å². The summed E-state index contributed by atoms with van der Waals surface area (Å²) in [6, 6.07) is 0. The molecule has 0 aromatic rings. The molecule has 1 radical (unpaired) electrons. The quantitative estimate of drug-likeness (QED) is 0.458. The molecule has 0 saturated heterocycles. The monoisotopic (exact) mass is 107 g/mol. The summed E-state index contributed by atoms with van der Waals surface area (Å²) in [6.07, 6.45) is 8.99. The molecule has 0 aromatic carbocycles. The molecule has 1 aliphatic rings. The second kappa shape index (κ2) is 2.36. The Kier molecular flexibility index (Phi) is 1.52. The molecule has 1 aliphatic heterocycles. The molecular formula is C7H7O. The molecular weight excluding hydrogens is 100 g/mol. The number of ether oxygens (including phenoxy) is 1. The summed E-state index contributed by atoms with van der Waals surface area (Å²) in [6.45, 7) is 3.59. The van der Waals surface area contributed by atoms with E-state index in [1.165, 1.54) is 0 Å². The van der Waals surface area contributed by atoms with Crippen LogP contribution in [-0.4, -0.2) is 0 Å². The van der Waals surface area contributed by atoms with Crippen LogP contribution >= 0.6 is 0 Å². The van der Waals surface area contributed by atoms with Gasteiger partial charge in [-0.15, -0.1) is 0 Å². The molecule has 0 fully saturated rings. The van der Waals surface area contributed by atoms with Gasteiger partial charge in [0.1, 0.15) is 5.76 Å². The van der Waals surface area contributed by atoms with Crippen molar-refractivity contribution in [3.63, 3.8) is 0 Å². The highest BCUT2D eigenvalue weighted by Gasteiger charge is 1.83. The molecule has 0 atom stereocenters. The normalized spacial score (nSPS) is 16.9. The Morgan fingerprint density at radius 3 is 3.00 bits per heavy atom. The fourth-order valence-corrected chi connectivity index (χ4v) is 0.438. The van der Waals surface area contributed by atoms with Crippen LogP contribution in [0.2, 0.25) is 0 Å². The molecule has 41 valence electrons. The maximum Gasteiger partial charge on any atom is 0.104 e. The van der Waals surface area contributed by atoms with E-state index in [9.17, 15) is 0 Å². The molecule has 0 spiro atoms. The van der Waals surface area contributed by atoms with E-state index >= 15 is 0 Å². The van der Waals surface area contributed by atoms with E-state index in [0.717, 1.165) is 0 Å². The van der Waals surface area contributed by atoms with Crippen LogP contribution in [0, 0.1) is 6.92 Å². The highest BCUT2D eigenvalue weighted by Crippen LogP contribution is 1.99. The molecule has 0 N–H and O–H groups in total. The Bertz CT molecular complexity index is 152. The lowest BCUT2D eigenvalue weighted by Gasteiger charge is -1.92. The summed E-state index contributed by atoms with van der Waals surface area (Å²) in [5.74, 6) is 0.676. The molecule has 1 nitrogen and oxygen atoms in total. The van der Waals surface area contributed by atoms with Crippen molar-refractivity contribution in [3.8, 4) is 0 Å². The van der Waals surface area contributed by atoms with Crippen LogP contribution in [0.3, 0.4) is 0 Å². The van der Waals surface area contributed by atoms with Crippen molar-refractivity contribution < 1.29 is 4.74 Å². The summed E-state index contributed by atoms with van der Waals surface area (Å²) >= 11 is 0. The standard InChI is InChI=1S/C7H7O/c1-7-5-3-2-4-6-8-7/h2-6H,1H2. The number of rotatable bonds is 0. The third-order valence-corrected chi connectivity index (χ3v) is 0.802. The zero-order valence-corrected chi connectivity index (χ0v) is 4.50. The maximum absolute atomic E-state index is 4.91. The first kappa shape index (κ1) is 5.16. The highest BCUT2D eigenvalue weighted by atomic mass is 16.5. The van der Waals surface area contributed by atoms with Gasteiger partial charge < -0.3 is 4.74 Å². The molecule has 0 bridgehead atoms. The summed E-state index contributed by atoms with van der Waals surface area (Å²) in [4.78, 5) is 0. The third kappa shape index (κ3) is 1.26. The van der Waals surface area contributed by atoms with Gasteiger partial charge >= 0.3 is 0 Å². The summed E-state index contributed by atoms with van der Waals surface area (Å²) in [7, 11) is 0. The fraction of sp³-hybridized carbons (Fsp3) is 0. The largest absolute Gasteiger partial charge is 0.469 e. The van der Waals surface area contributed by atoms with Crippen molar-refractivity contribution in [1.82, 2.24) is 0 Å². The molecule has 0 aromatic heterocycles.